The molecule has 0 aromatic rings. The molecule has 0 rings (SSSR count). The van der Waals surface area contributed by atoms with Gasteiger partial charge >= 0.3 is 0 Å². The van der Waals surface area contributed by atoms with Crippen LogP contribution in [0.3, 0.4) is 0 Å². The first-order valence-electron chi connectivity index (χ1n) is 5.80. The van der Waals surface area contributed by atoms with Gasteiger partial charge in [-0.2, -0.15) is 0 Å². The van der Waals surface area contributed by atoms with Crippen LogP contribution >= 0.6 is 0 Å². The first-order valence-corrected chi connectivity index (χ1v) is 5.80. The monoisotopic (exact) mass is 185 g/mol. The third-order valence-electron chi connectivity index (χ3n) is 3.28. The number of hydrogen-bond donors (Lipinski definition) is 1. The Bertz CT molecular complexity index is 118. The summed E-state index contributed by atoms with van der Waals surface area (Å²) >= 11 is 0. The van der Waals surface area contributed by atoms with Crippen LogP contribution in [-0.4, -0.2) is 6.04 Å². The zero-order chi connectivity index (χ0) is 10.3. The van der Waals surface area contributed by atoms with Gasteiger partial charge in [0.2, 0.25) is 0 Å². The molecule has 2 N–H and O–H groups in total. The van der Waals surface area contributed by atoms with Crippen molar-refractivity contribution in [3.63, 3.8) is 0 Å². The Labute approximate surface area is 84.1 Å². The lowest BCUT2D eigenvalue weighted by Gasteiger charge is -2.30. The van der Waals surface area contributed by atoms with Crippen LogP contribution in [0.5, 0.6) is 0 Å². The van der Waals surface area contributed by atoms with Crippen LogP contribution in [0.25, 0.3) is 0 Å². The summed E-state index contributed by atoms with van der Waals surface area (Å²) in [6.45, 7) is 9.02. The molecule has 0 aromatic heterocycles. The first kappa shape index (κ1) is 13.0. The molecule has 0 bridgehead atoms. The van der Waals surface area contributed by atoms with E-state index in [0.717, 1.165) is 0 Å². The molecule has 0 radical (unpaired) electrons. The molecule has 0 spiro atoms. The lowest BCUT2D eigenvalue weighted by Crippen LogP contribution is -2.36. The Morgan fingerprint density at radius 1 is 1.08 bits per heavy atom. The van der Waals surface area contributed by atoms with Gasteiger partial charge in [0.1, 0.15) is 0 Å². The molecule has 0 saturated carbocycles. The predicted molar refractivity (Wildman–Crippen MR) is 60.8 cm³/mol. The second-order valence-electron chi connectivity index (χ2n) is 4.80. The van der Waals surface area contributed by atoms with E-state index < -0.39 is 0 Å². The zero-order valence-electron chi connectivity index (χ0n) is 9.90. The van der Waals surface area contributed by atoms with E-state index in [1.807, 2.05) is 0 Å². The second kappa shape index (κ2) is 6.42. The van der Waals surface area contributed by atoms with E-state index in [4.69, 9.17) is 5.73 Å². The summed E-state index contributed by atoms with van der Waals surface area (Å²) in [5.41, 5.74) is 6.47. The molecule has 1 nitrogen and oxygen atoms in total. The van der Waals surface area contributed by atoms with Gasteiger partial charge in [0.15, 0.2) is 0 Å². The van der Waals surface area contributed by atoms with Crippen molar-refractivity contribution in [2.45, 2.75) is 72.3 Å². The quantitative estimate of drug-likeness (QED) is 0.601. The van der Waals surface area contributed by atoms with Crippen LogP contribution in [0.15, 0.2) is 0 Å². The van der Waals surface area contributed by atoms with E-state index in [9.17, 15) is 0 Å². The highest BCUT2D eigenvalue weighted by atomic mass is 14.7. The fraction of sp³-hybridized carbons (Fsp3) is 1.00. The van der Waals surface area contributed by atoms with Crippen molar-refractivity contribution in [3.05, 3.63) is 0 Å². The summed E-state index contributed by atoms with van der Waals surface area (Å²) in [6.07, 6.45) is 7.71. The molecular formula is C12H27N. The second-order valence-corrected chi connectivity index (χ2v) is 4.80. The highest BCUT2D eigenvalue weighted by Crippen LogP contribution is 2.26. The number of nitrogens with two attached hydrogens (primary N) is 1. The van der Waals surface area contributed by atoms with Crippen molar-refractivity contribution < 1.29 is 0 Å². The summed E-state index contributed by atoms with van der Waals surface area (Å²) in [6, 6.07) is 0.384. The number of rotatable bonds is 7. The van der Waals surface area contributed by atoms with Gasteiger partial charge in [-0.3, -0.25) is 0 Å². The van der Waals surface area contributed by atoms with Gasteiger partial charge in [-0.15, -0.1) is 0 Å². The molecule has 0 aliphatic rings. The van der Waals surface area contributed by atoms with Crippen LogP contribution in [-0.2, 0) is 0 Å². The summed E-state index contributed by atoms with van der Waals surface area (Å²) in [4.78, 5) is 0. The molecular weight excluding hydrogens is 158 g/mol. The molecule has 0 aromatic carbocycles. The molecule has 0 aliphatic heterocycles. The minimum Gasteiger partial charge on any atom is -0.327 e. The smallest absolute Gasteiger partial charge is 0.00901 e. The SMILES string of the molecule is CCCCCCC(N)C(C)(C)CC. The van der Waals surface area contributed by atoms with Gasteiger partial charge < -0.3 is 5.73 Å². The van der Waals surface area contributed by atoms with Crippen molar-refractivity contribution in [3.8, 4) is 0 Å². The largest absolute Gasteiger partial charge is 0.327 e. The lowest BCUT2D eigenvalue weighted by atomic mass is 9.80. The number of unbranched alkanes of at least 4 members (excludes halogenated alkanes) is 3. The van der Waals surface area contributed by atoms with Gasteiger partial charge in [0.05, 0.1) is 0 Å². The van der Waals surface area contributed by atoms with E-state index in [1.165, 1.54) is 38.5 Å². The third kappa shape index (κ3) is 5.30. The molecule has 0 fully saturated rings. The minimum atomic E-state index is 0.326. The molecule has 0 amide bonds. The van der Waals surface area contributed by atoms with Gasteiger partial charge in [-0.25, -0.2) is 0 Å². The van der Waals surface area contributed by atoms with E-state index in [2.05, 4.69) is 27.7 Å². The third-order valence-corrected chi connectivity index (χ3v) is 3.28. The molecule has 1 heteroatoms. The topological polar surface area (TPSA) is 26.0 Å². The first-order chi connectivity index (χ1) is 6.04. The minimum absolute atomic E-state index is 0.326. The average molecular weight is 185 g/mol. The average Bonchev–Trinajstić information content (AvgIpc) is 2.12. The summed E-state index contributed by atoms with van der Waals surface area (Å²) in [7, 11) is 0. The van der Waals surface area contributed by atoms with Crippen LogP contribution in [0.2, 0.25) is 0 Å². The highest BCUT2D eigenvalue weighted by Gasteiger charge is 2.23. The fourth-order valence-corrected chi connectivity index (χ4v) is 1.44. The maximum absolute atomic E-state index is 6.14. The lowest BCUT2D eigenvalue weighted by molar-refractivity contribution is 0.257. The van der Waals surface area contributed by atoms with Crippen molar-refractivity contribution in [1.29, 1.82) is 0 Å². The molecule has 80 valence electrons. The molecule has 1 atom stereocenters. The summed E-state index contributed by atoms with van der Waals surface area (Å²) in [5.74, 6) is 0. The Hall–Kier alpha value is -0.0400. The Balaban J connectivity index is 3.55. The summed E-state index contributed by atoms with van der Waals surface area (Å²) < 4.78 is 0. The molecule has 1 unspecified atom stereocenters. The van der Waals surface area contributed by atoms with Crippen molar-refractivity contribution in [2.75, 3.05) is 0 Å². The van der Waals surface area contributed by atoms with Crippen molar-refractivity contribution in [2.24, 2.45) is 11.1 Å². The van der Waals surface area contributed by atoms with Gasteiger partial charge in [0.25, 0.3) is 0 Å². The van der Waals surface area contributed by atoms with E-state index in [1.54, 1.807) is 0 Å². The predicted octanol–water partition coefficient (Wildman–Crippen LogP) is 3.72. The zero-order valence-corrected chi connectivity index (χ0v) is 9.90. The Kier molecular flexibility index (Phi) is 6.40. The Morgan fingerprint density at radius 2 is 1.69 bits per heavy atom. The molecule has 0 heterocycles. The maximum atomic E-state index is 6.14. The van der Waals surface area contributed by atoms with E-state index in [0.29, 0.717) is 11.5 Å². The van der Waals surface area contributed by atoms with E-state index in [-0.39, 0.29) is 0 Å². The van der Waals surface area contributed by atoms with Gasteiger partial charge in [-0.05, 0) is 18.3 Å². The fourth-order valence-electron chi connectivity index (χ4n) is 1.44. The van der Waals surface area contributed by atoms with Crippen LogP contribution in [0.1, 0.15) is 66.2 Å². The maximum Gasteiger partial charge on any atom is 0.00901 e. The van der Waals surface area contributed by atoms with Crippen LogP contribution in [0.4, 0.5) is 0 Å². The standard InChI is InChI=1S/C12H27N/c1-5-7-8-9-10-11(13)12(3,4)6-2/h11H,5-10,13H2,1-4H3. The van der Waals surface area contributed by atoms with Crippen molar-refractivity contribution in [1.82, 2.24) is 0 Å². The van der Waals surface area contributed by atoms with E-state index >= 15 is 0 Å². The van der Waals surface area contributed by atoms with Crippen LogP contribution in [0, 0.1) is 5.41 Å². The molecule has 0 aliphatic carbocycles. The molecule has 13 heavy (non-hydrogen) atoms. The van der Waals surface area contributed by atoms with Gasteiger partial charge in [-0.1, -0.05) is 53.4 Å². The Morgan fingerprint density at radius 3 is 2.15 bits per heavy atom. The summed E-state index contributed by atoms with van der Waals surface area (Å²) in [5, 5.41) is 0. The highest BCUT2D eigenvalue weighted by molar-refractivity contribution is 4.79. The normalized spacial score (nSPS) is 14.5. The molecule has 0 saturated heterocycles. The van der Waals surface area contributed by atoms with Gasteiger partial charge in [0, 0.05) is 6.04 Å². The van der Waals surface area contributed by atoms with Crippen molar-refractivity contribution >= 4 is 0 Å². The number of hydrogen-bond acceptors (Lipinski definition) is 1. The van der Waals surface area contributed by atoms with Crippen LogP contribution < -0.4 is 5.73 Å².